The molecule has 25 heavy (non-hydrogen) atoms. The molecule has 1 aromatic heterocycles. The average Bonchev–Trinajstić information content (AvgIpc) is 2.54. The van der Waals surface area contributed by atoms with Gasteiger partial charge in [-0.2, -0.15) is 0 Å². The molecule has 2 aromatic rings. The first-order valence-electron chi connectivity index (χ1n) is 6.93. The minimum atomic E-state index is -0.948. The number of esters is 1. The minimum Gasteiger partial charge on any atom is -0.457 e. The van der Waals surface area contributed by atoms with Gasteiger partial charge in [-0.15, -0.1) is 0 Å². The number of nitrogens with one attached hydrogen (secondary N) is 1. The van der Waals surface area contributed by atoms with Crippen molar-refractivity contribution in [2.45, 2.75) is 6.42 Å². The molecule has 0 aliphatic carbocycles. The number of hydrogen-bond acceptors (Lipinski definition) is 6. The van der Waals surface area contributed by atoms with E-state index in [2.05, 4.69) is 0 Å². The molecule has 0 radical (unpaired) electrons. The van der Waals surface area contributed by atoms with Crippen LogP contribution in [0.3, 0.4) is 0 Å². The Bertz CT molecular complexity index is 944. The molecule has 0 saturated heterocycles. The summed E-state index contributed by atoms with van der Waals surface area (Å²) in [5.74, 6) is -1.92. The van der Waals surface area contributed by atoms with Crippen molar-refractivity contribution >= 4 is 40.8 Å². The van der Waals surface area contributed by atoms with Crippen LogP contribution in [0.25, 0.3) is 0 Å². The lowest BCUT2D eigenvalue weighted by atomic mass is 10.1. The number of benzene rings is 1. The first kappa shape index (κ1) is 18.8. The van der Waals surface area contributed by atoms with E-state index in [0.29, 0.717) is 5.56 Å². The molecule has 0 aliphatic heterocycles. The molecular weight excluding hydrogens is 373 g/mol. The summed E-state index contributed by atoms with van der Waals surface area (Å²) in [6.45, 7) is -0.716. The van der Waals surface area contributed by atoms with Gasteiger partial charge in [0.2, 0.25) is 5.78 Å². The Morgan fingerprint density at radius 2 is 1.84 bits per heavy atom. The van der Waals surface area contributed by atoms with Gasteiger partial charge in [-0.3, -0.25) is 23.9 Å². The number of nitrogen functional groups attached to an aromatic ring is 1. The predicted octanol–water partition coefficient (Wildman–Crippen LogP) is 0.931. The number of H-pyrrole nitrogens is 1. The normalized spacial score (nSPS) is 10.5. The van der Waals surface area contributed by atoms with Crippen molar-refractivity contribution in [1.82, 2.24) is 9.55 Å². The number of carbonyl (C=O) groups is 2. The van der Waals surface area contributed by atoms with Crippen LogP contribution in [-0.4, -0.2) is 27.9 Å². The van der Waals surface area contributed by atoms with E-state index >= 15 is 0 Å². The molecule has 0 unspecified atom stereocenters. The third kappa shape index (κ3) is 4.09. The molecule has 0 saturated carbocycles. The van der Waals surface area contributed by atoms with Crippen LogP contribution in [0.5, 0.6) is 0 Å². The van der Waals surface area contributed by atoms with Gasteiger partial charge in [0.15, 0.2) is 6.61 Å². The fourth-order valence-electron chi connectivity index (χ4n) is 2.02. The van der Waals surface area contributed by atoms with Crippen molar-refractivity contribution in [3.05, 3.63) is 60.2 Å². The average molecular weight is 386 g/mol. The van der Waals surface area contributed by atoms with E-state index in [9.17, 15) is 19.2 Å². The number of aromatic amines is 1. The lowest BCUT2D eigenvalue weighted by Crippen LogP contribution is -2.35. The third-order valence-electron chi connectivity index (χ3n) is 3.40. The Morgan fingerprint density at radius 1 is 1.24 bits per heavy atom. The van der Waals surface area contributed by atoms with Gasteiger partial charge in [-0.25, -0.2) is 4.79 Å². The molecule has 0 fully saturated rings. The maximum Gasteiger partial charge on any atom is 0.329 e. The molecular formula is C15H13Cl2N3O5. The smallest absolute Gasteiger partial charge is 0.329 e. The molecule has 1 aromatic carbocycles. The third-order valence-corrected chi connectivity index (χ3v) is 4.10. The number of nitrogens with two attached hydrogens (primary N) is 1. The molecule has 0 amide bonds. The van der Waals surface area contributed by atoms with E-state index in [0.717, 1.165) is 4.57 Å². The quantitative estimate of drug-likeness (QED) is 0.582. The maximum absolute atomic E-state index is 12.1. The van der Waals surface area contributed by atoms with Crippen LogP contribution in [0.15, 0.2) is 27.8 Å². The number of Topliss-reactive ketones (excluding diaryl/α,β-unsaturated/α-hetero) is 1. The number of ether oxygens (including phenoxy) is 1. The molecule has 0 spiro atoms. The standard InChI is InChI=1S/C15H13Cl2N3O5/c1-20-13(18)12(14(23)19-15(20)24)10(21)6-25-11(22)5-7-8(16)3-2-4-9(7)17/h2-4H,5-6,18H2,1H3,(H,19,23,24). The largest absolute Gasteiger partial charge is 0.457 e. The van der Waals surface area contributed by atoms with E-state index in [1.54, 1.807) is 18.2 Å². The van der Waals surface area contributed by atoms with Gasteiger partial charge in [-0.1, -0.05) is 29.3 Å². The molecule has 0 bridgehead atoms. The van der Waals surface area contributed by atoms with Gasteiger partial charge < -0.3 is 10.5 Å². The van der Waals surface area contributed by atoms with Crippen molar-refractivity contribution in [3.8, 4) is 0 Å². The molecule has 10 heteroatoms. The molecule has 2 rings (SSSR count). The Morgan fingerprint density at radius 3 is 2.44 bits per heavy atom. The first-order chi connectivity index (χ1) is 11.7. The maximum atomic E-state index is 12.1. The van der Waals surface area contributed by atoms with Gasteiger partial charge in [0.25, 0.3) is 5.56 Å². The number of ketones is 1. The molecule has 8 nitrogen and oxygen atoms in total. The van der Waals surface area contributed by atoms with Gasteiger partial charge in [0.1, 0.15) is 11.4 Å². The number of hydrogen-bond donors (Lipinski definition) is 2. The van der Waals surface area contributed by atoms with Crippen LogP contribution >= 0.6 is 23.2 Å². The van der Waals surface area contributed by atoms with Crippen LogP contribution in [-0.2, 0) is 23.0 Å². The summed E-state index contributed by atoms with van der Waals surface area (Å²) in [6.07, 6.45) is -0.245. The van der Waals surface area contributed by atoms with E-state index in [4.69, 9.17) is 33.7 Å². The monoisotopic (exact) mass is 385 g/mol. The fraction of sp³-hybridized carbons (Fsp3) is 0.200. The summed E-state index contributed by atoms with van der Waals surface area (Å²) in [6, 6.07) is 4.75. The summed E-state index contributed by atoms with van der Waals surface area (Å²) in [7, 11) is 1.29. The molecule has 3 N–H and O–H groups in total. The summed E-state index contributed by atoms with van der Waals surface area (Å²) in [5.41, 5.74) is 3.80. The fourth-order valence-corrected chi connectivity index (χ4v) is 2.55. The first-order valence-corrected chi connectivity index (χ1v) is 7.68. The molecule has 132 valence electrons. The number of aromatic nitrogens is 2. The van der Waals surface area contributed by atoms with Crippen LogP contribution in [0, 0.1) is 0 Å². The van der Waals surface area contributed by atoms with E-state index in [1.165, 1.54) is 7.05 Å². The Labute approximate surface area is 151 Å². The zero-order valence-electron chi connectivity index (χ0n) is 13.0. The second kappa shape index (κ2) is 7.54. The van der Waals surface area contributed by atoms with Crippen LogP contribution in [0.1, 0.15) is 15.9 Å². The van der Waals surface area contributed by atoms with Crippen LogP contribution in [0.4, 0.5) is 5.82 Å². The van der Waals surface area contributed by atoms with E-state index in [1.807, 2.05) is 4.98 Å². The Balaban J connectivity index is 2.11. The SMILES string of the molecule is Cn1c(N)c(C(=O)COC(=O)Cc2c(Cl)cccc2Cl)c(=O)[nH]c1=O. The molecule has 0 atom stereocenters. The Kier molecular flexibility index (Phi) is 5.66. The van der Waals surface area contributed by atoms with E-state index < -0.39 is 35.2 Å². The Hall–Kier alpha value is -2.58. The van der Waals surface area contributed by atoms with Crippen molar-refractivity contribution in [2.75, 3.05) is 12.3 Å². The second-order valence-corrected chi connectivity index (χ2v) is 5.85. The van der Waals surface area contributed by atoms with Gasteiger partial charge >= 0.3 is 11.7 Å². The second-order valence-electron chi connectivity index (χ2n) is 5.04. The number of halogens is 2. The highest BCUT2D eigenvalue weighted by Gasteiger charge is 2.20. The highest BCUT2D eigenvalue weighted by Crippen LogP contribution is 2.24. The number of nitrogens with zero attached hydrogens (tertiary/aromatic N) is 1. The summed E-state index contributed by atoms with van der Waals surface area (Å²) < 4.78 is 5.75. The predicted molar refractivity (Wildman–Crippen MR) is 92.2 cm³/mol. The van der Waals surface area contributed by atoms with Gasteiger partial charge in [-0.05, 0) is 12.1 Å². The van der Waals surface area contributed by atoms with Crippen LogP contribution in [0.2, 0.25) is 10.0 Å². The zero-order valence-corrected chi connectivity index (χ0v) is 14.5. The topological polar surface area (TPSA) is 124 Å². The highest BCUT2D eigenvalue weighted by molar-refractivity contribution is 6.36. The van der Waals surface area contributed by atoms with Crippen LogP contribution < -0.4 is 17.0 Å². The number of rotatable bonds is 5. The highest BCUT2D eigenvalue weighted by atomic mass is 35.5. The lowest BCUT2D eigenvalue weighted by Gasteiger charge is -2.09. The zero-order chi connectivity index (χ0) is 18.7. The number of anilines is 1. The van der Waals surface area contributed by atoms with Crippen molar-refractivity contribution in [2.24, 2.45) is 7.05 Å². The summed E-state index contributed by atoms with van der Waals surface area (Å²) in [5, 5.41) is 0.573. The van der Waals surface area contributed by atoms with Crippen molar-refractivity contribution in [1.29, 1.82) is 0 Å². The number of carbonyl (C=O) groups excluding carboxylic acids is 2. The van der Waals surface area contributed by atoms with Gasteiger partial charge in [0.05, 0.1) is 6.42 Å². The van der Waals surface area contributed by atoms with Crippen molar-refractivity contribution in [3.63, 3.8) is 0 Å². The lowest BCUT2D eigenvalue weighted by molar-refractivity contribution is -0.141. The van der Waals surface area contributed by atoms with Gasteiger partial charge in [0, 0.05) is 22.7 Å². The molecule has 0 aliphatic rings. The minimum absolute atomic E-state index is 0.245. The van der Waals surface area contributed by atoms with Crippen molar-refractivity contribution < 1.29 is 14.3 Å². The summed E-state index contributed by atoms with van der Waals surface area (Å²) in [4.78, 5) is 49.0. The molecule has 1 heterocycles. The van der Waals surface area contributed by atoms with E-state index in [-0.39, 0.29) is 22.3 Å². The summed E-state index contributed by atoms with van der Waals surface area (Å²) >= 11 is 11.9.